The zero-order chi connectivity index (χ0) is 14.6. The van der Waals surface area contributed by atoms with Gasteiger partial charge in [-0.15, -0.1) is 0 Å². The summed E-state index contributed by atoms with van der Waals surface area (Å²) >= 11 is 0. The third-order valence-electron chi connectivity index (χ3n) is 3.86. The molecule has 20 heavy (non-hydrogen) atoms. The van der Waals surface area contributed by atoms with Crippen molar-refractivity contribution in [3.63, 3.8) is 0 Å². The average Bonchev–Trinajstić information content (AvgIpc) is 2.49. The molecule has 1 aromatic carbocycles. The highest BCUT2D eigenvalue weighted by Gasteiger charge is 2.02. The van der Waals surface area contributed by atoms with Crippen molar-refractivity contribution in [3.05, 3.63) is 29.8 Å². The summed E-state index contributed by atoms with van der Waals surface area (Å²) in [4.78, 5) is 0. The fourth-order valence-corrected chi connectivity index (χ4v) is 2.24. The van der Waals surface area contributed by atoms with Crippen molar-refractivity contribution in [3.8, 4) is 5.75 Å². The Labute approximate surface area is 124 Å². The van der Waals surface area contributed by atoms with Gasteiger partial charge in [-0.05, 0) is 36.6 Å². The molecule has 1 N–H and O–H groups in total. The van der Waals surface area contributed by atoms with Crippen LogP contribution in [0.25, 0.3) is 0 Å². The summed E-state index contributed by atoms with van der Waals surface area (Å²) in [7, 11) is 0. The van der Waals surface area contributed by atoms with Gasteiger partial charge in [-0.1, -0.05) is 58.6 Å². The van der Waals surface area contributed by atoms with E-state index in [0.717, 1.165) is 37.8 Å². The minimum Gasteiger partial charge on any atom is -0.494 e. The summed E-state index contributed by atoms with van der Waals surface area (Å²) in [6.45, 7) is 9.64. The molecule has 1 rings (SSSR count). The van der Waals surface area contributed by atoms with Crippen LogP contribution in [0.5, 0.6) is 5.75 Å². The van der Waals surface area contributed by atoms with Crippen LogP contribution >= 0.6 is 0 Å². The van der Waals surface area contributed by atoms with Gasteiger partial charge < -0.3 is 10.1 Å². The van der Waals surface area contributed by atoms with Gasteiger partial charge in [0, 0.05) is 6.54 Å². The smallest absolute Gasteiger partial charge is 0.119 e. The van der Waals surface area contributed by atoms with Crippen molar-refractivity contribution in [2.24, 2.45) is 5.92 Å². The quantitative estimate of drug-likeness (QED) is 0.588. The maximum atomic E-state index is 5.72. The highest BCUT2D eigenvalue weighted by Crippen LogP contribution is 2.13. The molecule has 0 atom stereocenters. The van der Waals surface area contributed by atoms with E-state index >= 15 is 0 Å². The molecular weight excluding hydrogens is 246 g/mol. The van der Waals surface area contributed by atoms with E-state index in [1.54, 1.807) is 0 Å². The van der Waals surface area contributed by atoms with Crippen LogP contribution in [-0.4, -0.2) is 13.2 Å². The molecule has 0 fully saturated rings. The molecule has 0 aliphatic heterocycles. The van der Waals surface area contributed by atoms with Gasteiger partial charge in [0.05, 0.1) is 6.61 Å². The first kappa shape index (κ1) is 17.0. The first-order valence-electron chi connectivity index (χ1n) is 8.22. The average molecular weight is 277 g/mol. The highest BCUT2D eigenvalue weighted by atomic mass is 16.5. The minimum atomic E-state index is 0.802. The number of unbranched alkanes of at least 4 members (excludes halogenated alkanes) is 2. The second-order valence-electron chi connectivity index (χ2n) is 5.51. The second-order valence-corrected chi connectivity index (χ2v) is 5.51. The van der Waals surface area contributed by atoms with Crippen LogP contribution in [0.2, 0.25) is 0 Å². The molecule has 0 spiro atoms. The first-order valence-corrected chi connectivity index (χ1v) is 8.22. The normalized spacial score (nSPS) is 11.0. The number of ether oxygens (including phenoxy) is 1. The SMILES string of the molecule is CCCCCOc1ccc(CNCC(CC)CC)cc1. The van der Waals surface area contributed by atoms with Crippen LogP contribution in [-0.2, 0) is 6.54 Å². The summed E-state index contributed by atoms with van der Waals surface area (Å²) in [6, 6.07) is 8.49. The number of nitrogens with one attached hydrogen (secondary N) is 1. The topological polar surface area (TPSA) is 21.3 Å². The van der Waals surface area contributed by atoms with E-state index < -0.39 is 0 Å². The maximum absolute atomic E-state index is 5.72. The molecule has 0 bridgehead atoms. The summed E-state index contributed by atoms with van der Waals surface area (Å²) in [5.74, 6) is 1.79. The Morgan fingerprint density at radius 3 is 2.30 bits per heavy atom. The van der Waals surface area contributed by atoms with Crippen LogP contribution in [0.3, 0.4) is 0 Å². The predicted molar refractivity (Wildman–Crippen MR) is 87.2 cm³/mol. The molecule has 2 heteroatoms. The fourth-order valence-electron chi connectivity index (χ4n) is 2.24. The van der Waals surface area contributed by atoms with Crippen molar-refractivity contribution in [1.29, 1.82) is 0 Å². The summed E-state index contributed by atoms with van der Waals surface area (Å²) in [5, 5.41) is 3.54. The lowest BCUT2D eigenvalue weighted by Crippen LogP contribution is -2.21. The third-order valence-corrected chi connectivity index (χ3v) is 3.86. The van der Waals surface area contributed by atoms with Gasteiger partial charge in [-0.25, -0.2) is 0 Å². The number of hydrogen-bond donors (Lipinski definition) is 1. The molecule has 0 aromatic heterocycles. The lowest BCUT2D eigenvalue weighted by molar-refractivity contribution is 0.306. The van der Waals surface area contributed by atoms with Gasteiger partial charge >= 0.3 is 0 Å². The zero-order valence-electron chi connectivity index (χ0n) is 13.5. The molecule has 0 aliphatic carbocycles. The van der Waals surface area contributed by atoms with Crippen LogP contribution in [0.15, 0.2) is 24.3 Å². The maximum Gasteiger partial charge on any atom is 0.119 e. The molecule has 2 nitrogen and oxygen atoms in total. The van der Waals surface area contributed by atoms with Crippen molar-refractivity contribution < 1.29 is 4.74 Å². The Bertz CT molecular complexity index is 330. The van der Waals surface area contributed by atoms with Crippen LogP contribution in [0.1, 0.15) is 58.4 Å². The van der Waals surface area contributed by atoms with E-state index in [0.29, 0.717) is 0 Å². The standard InChI is InChI=1S/C18H31NO/c1-4-7-8-13-20-18-11-9-17(10-12-18)15-19-14-16(5-2)6-3/h9-12,16,19H,4-8,13-15H2,1-3H3. The monoisotopic (exact) mass is 277 g/mol. The molecule has 1 aromatic rings. The molecule has 0 heterocycles. The Balaban J connectivity index is 2.24. The Hall–Kier alpha value is -1.02. The lowest BCUT2D eigenvalue weighted by Gasteiger charge is -2.13. The van der Waals surface area contributed by atoms with Crippen LogP contribution in [0.4, 0.5) is 0 Å². The van der Waals surface area contributed by atoms with Crippen molar-refractivity contribution >= 4 is 0 Å². The van der Waals surface area contributed by atoms with Crippen LogP contribution in [0, 0.1) is 5.92 Å². The summed E-state index contributed by atoms with van der Waals surface area (Å²) < 4.78 is 5.72. The predicted octanol–water partition coefficient (Wildman–Crippen LogP) is 4.78. The summed E-state index contributed by atoms with van der Waals surface area (Å²) in [6.07, 6.45) is 6.15. The third kappa shape index (κ3) is 6.95. The molecular formula is C18H31NO. The molecule has 0 saturated carbocycles. The molecule has 0 radical (unpaired) electrons. The molecule has 0 saturated heterocycles. The minimum absolute atomic E-state index is 0.802. The molecule has 0 amide bonds. The van der Waals surface area contributed by atoms with Crippen LogP contribution < -0.4 is 10.1 Å². The van der Waals surface area contributed by atoms with Gasteiger partial charge in [-0.2, -0.15) is 0 Å². The van der Waals surface area contributed by atoms with E-state index in [1.165, 1.54) is 31.2 Å². The largest absolute Gasteiger partial charge is 0.494 e. The molecule has 114 valence electrons. The Morgan fingerprint density at radius 1 is 1.00 bits per heavy atom. The summed E-state index contributed by atoms with van der Waals surface area (Å²) in [5.41, 5.74) is 1.33. The number of hydrogen-bond acceptors (Lipinski definition) is 2. The number of rotatable bonds is 11. The first-order chi connectivity index (χ1) is 9.80. The van der Waals surface area contributed by atoms with Gasteiger partial charge in [0.15, 0.2) is 0 Å². The highest BCUT2D eigenvalue weighted by molar-refractivity contribution is 5.27. The van der Waals surface area contributed by atoms with E-state index in [-0.39, 0.29) is 0 Å². The fraction of sp³-hybridized carbons (Fsp3) is 0.667. The lowest BCUT2D eigenvalue weighted by atomic mass is 10.0. The van der Waals surface area contributed by atoms with Gasteiger partial charge in [0.2, 0.25) is 0 Å². The van der Waals surface area contributed by atoms with Gasteiger partial charge in [0.25, 0.3) is 0 Å². The van der Waals surface area contributed by atoms with E-state index in [9.17, 15) is 0 Å². The van der Waals surface area contributed by atoms with Crippen molar-refractivity contribution in [1.82, 2.24) is 5.32 Å². The van der Waals surface area contributed by atoms with Crippen molar-refractivity contribution in [2.45, 2.75) is 59.4 Å². The molecule has 0 unspecified atom stereocenters. The van der Waals surface area contributed by atoms with Crippen molar-refractivity contribution in [2.75, 3.05) is 13.2 Å². The zero-order valence-corrected chi connectivity index (χ0v) is 13.5. The Kier molecular flexibility index (Phi) is 9.14. The Morgan fingerprint density at radius 2 is 1.70 bits per heavy atom. The second kappa shape index (κ2) is 10.7. The van der Waals surface area contributed by atoms with E-state index in [4.69, 9.17) is 4.74 Å². The van der Waals surface area contributed by atoms with Gasteiger partial charge in [0.1, 0.15) is 5.75 Å². The number of benzene rings is 1. The van der Waals surface area contributed by atoms with Gasteiger partial charge in [-0.3, -0.25) is 0 Å². The van der Waals surface area contributed by atoms with E-state index in [1.807, 2.05) is 0 Å². The van der Waals surface area contributed by atoms with E-state index in [2.05, 4.69) is 50.4 Å². The molecule has 0 aliphatic rings.